The Bertz CT molecular complexity index is 1450. The number of nitrogens with zero attached hydrogens (tertiary/aromatic N) is 2. The minimum absolute atomic E-state index is 0.0801. The Morgan fingerprint density at radius 3 is 2.44 bits per heavy atom. The number of carbonyl (C=O) groups excluding carboxylic acids is 3. The minimum Gasteiger partial charge on any atom is -0.507 e. The van der Waals surface area contributed by atoms with Gasteiger partial charge in [0.1, 0.15) is 16.4 Å². The zero-order chi connectivity index (χ0) is 26.3. The fourth-order valence-electron chi connectivity index (χ4n) is 3.99. The van der Waals surface area contributed by atoms with Gasteiger partial charge >= 0.3 is 11.9 Å². The second-order valence-corrected chi connectivity index (χ2v) is 9.74. The third kappa shape index (κ3) is 4.34. The number of methoxy groups -OCH3 is 2. The van der Waals surface area contributed by atoms with E-state index in [1.54, 1.807) is 44.2 Å². The third-order valence-corrected chi connectivity index (χ3v) is 7.45. The summed E-state index contributed by atoms with van der Waals surface area (Å²) in [7, 11) is 2.75. The van der Waals surface area contributed by atoms with Gasteiger partial charge in [0.2, 0.25) is 0 Å². The molecule has 0 radical (unpaired) electrons. The summed E-state index contributed by atoms with van der Waals surface area (Å²) in [6.45, 7) is 3.33. The lowest BCUT2D eigenvalue weighted by molar-refractivity contribution is -0.132. The maximum Gasteiger partial charge on any atom is 0.350 e. The summed E-state index contributed by atoms with van der Waals surface area (Å²) < 4.78 is 10.0. The highest BCUT2D eigenvalue weighted by molar-refractivity contribution is 7.17. The Morgan fingerprint density at radius 2 is 1.83 bits per heavy atom. The number of ketones is 1. The van der Waals surface area contributed by atoms with E-state index in [9.17, 15) is 19.5 Å². The predicted octanol–water partition coefficient (Wildman–Crippen LogP) is 5.49. The molecule has 1 fully saturated rings. The van der Waals surface area contributed by atoms with Crippen molar-refractivity contribution in [2.45, 2.75) is 19.9 Å². The molecule has 2 aromatic carbocycles. The lowest BCUT2D eigenvalue weighted by atomic mass is 9.94. The zero-order valence-electron chi connectivity index (χ0n) is 19.6. The van der Waals surface area contributed by atoms with Crippen LogP contribution in [0.5, 0.6) is 5.75 Å². The van der Waals surface area contributed by atoms with Gasteiger partial charge in [-0.05, 0) is 55.3 Å². The summed E-state index contributed by atoms with van der Waals surface area (Å²) in [6, 6.07) is 8.41. The number of rotatable bonds is 5. The van der Waals surface area contributed by atoms with Gasteiger partial charge in [0.15, 0.2) is 5.13 Å². The first-order chi connectivity index (χ1) is 17.1. The van der Waals surface area contributed by atoms with E-state index in [1.165, 1.54) is 20.3 Å². The fourth-order valence-corrected chi connectivity index (χ4v) is 5.51. The molecule has 1 aliphatic heterocycles. The van der Waals surface area contributed by atoms with Crippen molar-refractivity contribution in [2.24, 2.45) is 0 Å². The molecule has 1 atom stereocenters. The van der Waals surface area contributed by atoms with E-state index in [-0.39, 0.29) is 26.4 Å². The molecule has 1 aliphatic rings. The Balaban J connectivity index is 1.98. The van der Waals surface area contributed by atoms with E-state index < -0.39 is 23.7 Å². The van der Waals surface area contributed by atoms with E-state index in [0.717, 1.165) is 16.2 Å². The van der Waals surface area contributed by atoms with Gasteiger partial charge in [0.05, 0.1) is 31.5 Å². The van der Waals surface area contributed by atoms with Gasteiger partial charge in [-0.15, -0.1) is 0 Å². The molecule has 186 valence electrons. The van der Waals surface area contributed by atoms with Crippen molar-refractivity contribution in [3.8, 4) is 5.75 Å². The standard InChI is InChI=1S/C25H20Cl2N2O6S/c1-11-9-14(34-3)6-8-15(11)20(30)18-19(16-7-5-13(26)10-17(16)27)29(23(32)21(18)31)25-28-12(2)22(36-25)24(33)35-4/h5-10,19,30H,1-4H3/b20-18+. The largest absolute Gasteiger partial charge is 0.507 e. The van der Waals surface area contributed by atoms with E-state index in [2.05, 4.69) is 4.98 Å². The van der Waals surface area contributed by atoms with Gasteiger partial charge in [-0.1, -0.05) is 40.6 Å². The second-order valence-electron chi connectivity index (χ2n) is 7.92. The van der Waals surface area contributed by atoms with Crippen LogP contribution in [0, 0.1) is 13.8 Å². The quantitative estimate of drug-likeness (QED) is 0.195. The molecule has 3 aromatic rings. The molecule has 0 aliphatic carbocycles. The van der Waals surface area contributed by atoms with Crippen LogP contribution in [0.1, 0.15) is 38.1 Å². The highest BCUT2D eigenvalue weighted by Gasteiger charge is 2.49. The smallest absolute Gasteiger partial charge is 0.350 e. The number of thiazole rings is 1. The van der Waals surface area contributed by atoms with Crippen LogP contribution in [0.3, 0.4) is 0 Å². The van der Waals surface area contributed by atoms with Crippen LogP contribution in [0.2, 0.25) is 10.0 Å². The SMILES string of the molecule is COC(=O)c1sc(N2C(=O)C(=O)/C(=C(/O)c3ccc(OC)cc3C)C2c2ccc(Cl)cc2Cl)nc1C. The maximum absolute atomic E-state index is 13.4. The molecule has 1 amide bonds. The van der Waals surface area contributed by atoms with Gasteiger partial charge in [-0.2, -0.15) is 0 Å². The topological polar surface area (TPSA) is 106 Å². The highest BCUT2D eigenvalue weighted by Crippen LogP contribution is 2.46. The molecule has 36 heavy (non-hydrogen) atoms. The van der Waals surface area contributed by atoms with Crippen molar-refractivity contribution >= 4 is 63.1 Å². The first-order valence-corrected chi connectivity index (χ1v) is 12.1. The molecule has 11 heteroatoms. The van der Waals surface area contributed by atoms with Crippen LogP contribution in [-0.2, 0) is 14.3 Å². The molecule has 0 bridgehead atoms. The summed E-state index contributed by atoms with van der Waals surface area (Å²) in [5, 5.41) is 12.0. The predicted molar refractivity (Wildman–Crippen MR) is 137 cm³/mol. The monoisotopic (exact) mass is 546 g/mol. The third-order valence-electron chi connectivity index (χ3n) is 5.75. The molecule has 1 N–H and O–H groups in total. The van der Waals surface area contributed by atoms with Crippen molar-refractivity contribution < 1.29 is 29.0 Å². The number of benzene rings is 2. The lowest BCUT2D eigenvalue weighted by Gasteiger charge is -2.24. The van der Waals surface area contributed by atoms with E-state index in [0.29, 0.717) is 33.2 Å². The molecule has 1 unspecified atom stereocenters. The number of ether oxygens (including phenoxy) is 2. The number of Topliss-reactive ketones (excluding diaryl/α,β-unsaturated/α-hetero) is 1. The summed E-state index contributed by atoms with van der Waals surface area (Å²) in [6.07, 6.45) is 0. The van der Waals surface area contributed by atoms with Crippen molar-refractivity contribution in [2.75, 3.05) is 19.1 Å². The number of amides is 1. The number of aromatic nitrogens is 1. The number of hydrogen-bond donors (Lipinski definition) is 1. The number of carbonyl (C=O) groups is 3. The molecule has 0 saturated carbocycles. The molecule has 2 heterocycles. The number of aliphatic hydroxyl groups is 1. The normalized spacial score (nSPS) is 16.9. The Labute approximate surface area is 220 Å². The van der Waals surface area contributed by atoms with Gasteiger partial charge < -0.3 is 14.6 Å². The van der Waals surface area contributed by atoms with Gasteiger partial charge in [-0.3, -0.25) is 14.5 Å². The first-order valence-electron chi connectivity index (χ1n) is 10.6. The van der Waals surface area contributed by atoms with Gasteiger partial charge in [-0.25, -0.2) is 9.78 Å². The fraction of sp³-hybridized carbons (Fsp3) is 0.200. The molecule has 1 aromatic heterocycles. The summed E-state index contributed by atoms with van der Waals surface area (Å²) in [5.41, 5.74) is 1.47. The van der Waals surface area contributed by atoms with Crippen molar-refractivity contribution in [1.82, 2.24) is 4.98 Å². The summed E-state index contributed by atoms with van der Waals surface area (Å²) >= 11 is 13.5. The average molecular weight is 547 g/mol. The number of esters is 1. The molecule has 8 nitrogen and oxygen atoms in total. The molecule has 4 rings (SSSR count). The van der Waals surface area contributed by atoms with Gasteiger partial charge in [0, 0.05) is 15.6 Å². The second kappa shape index (κ2) is 9.93. The molecular formula is C25H20Cl2N2O6S. The number of aliphatic hydroxyl groups excluding tert-OH is 1. The highest BCUT2D eigenvalue weighted by atomic mass is 35.5. The van der Waals surface area contributed by atoms with Gasteiger partial charge in [0.25, 0.3) is 5.78 Å². The van der Waals surface area contributed by atoms with Crippen LogP contribution in [-0.4, -0.2) is 42.0 Å². The number of anilines is 1. The Kier molecular flexibility index (Phi) is 7.08. The number of halogens is 2. The summed E-state index contributed by atoms with van der Waals surface area (Å²) in [5.74, 6) is -2.29. The number of hydrogen-bond acceptors (Lipinski definition) is 8. The van der Waals surface area contributed by atoms with Crippen LogP contribution in [0.4, 0.5) is 5.13 Å². The van der Waals surface area contributed by atoms with Crippen LogP contribution in [0.15, 0.2) is 42.0 Å². The minimum atomic E-state index is -1.13. The summed E-state index contributed by atoms with van der Waals surface area (Å²) in [4.78, 5) is 44.6. The zero-order valence-corrected chi connectivity index (χ0v) is 21.9. The lowest BCUT2D eigenvalue weighted by Crippen LogP contribution is -2.29. The van der Waals surface area contributed by atoms with E-state index in [1.807, 2.05) is 0 Å². The molecule has 0 spiro atoms. The van der Waals surface area contributed by atoms with E-state index >= 15 is 0 Å². The van der Waals surface area contributed by atoms with Crippen molar-refractivity contribution in [3.05, 3.63) is 79.3 Å². The molecular weight excluding hydrogens is 527 g/mol. The molecule has 1 saturated heterocycles. The number of aryl methyl sites for hydroxylation is 2. The van der Waals surface area contributed by atoms with Crippen LogP contribution < -0.4 is 9.64 Å². The van der Waals surface area contributed by atoms with Crippen LogP contribution >= 0.6 is 34.5 Å². The first kappa shape index (κ1) is 25.7. The average Bonchev–Trinajstić information content (AvgIpc) is 3.34. The maximum atomic E-state index is 13.4. The Hall–Kier alpha value is -3.40. The van der Waals surface area contributed by atoms with Crippen molar-refractivity contribution in [3.63, 3.8) is 0 Å². The van der Waals surface area contributed by atoms with Crippen molar-refractivity contribution in [1.29, 1.82) is 0 Å². The van der Waals surface area contributed by atoms with E-state index in [4.69, 9.17) is 32.7 Å². The van der Waals surface area contributed by atoms with Crippen LogP contribution in [0.25, 0.3) is 5.76 Å². The Morgan fingerprint density at radius 1 is 1.11 bits per heavy atom.